The van der Waals surface area contributed by atoms with Gasteiger partial charge < -0.3 is 4.74 Å². The monoisotopic (exact) mass is 1060 g/mol. The van der Waals surface area contributed by atoms with Crippen LogP contribution in [0.25, 0.3) is 0 Å². The van der Waals surface area contributed by atoms with Crippen molar-refractivity contribution in [1.29, 1.82) is 0 Å². The predicted octanol–water partition coefficient (Wildman–Crippen LogP) is 13.2. The first-order valence-corrected chi connectivity index (χ1v) is 19.6. The first kappa shape index (κ1) is 56.4. The van der Waals surface area contributed by atoms with Crippen LogP contribution in [-0.2, 0) is 56.0 Å². The molecule has 0 radical (unpaired) electrons. The molecule has 1 heterocycles. The second-order valence-corrected chi connectivity index (χ2v) is 15.6. The largest absolute Gasteiger partial charge is 0.497 e. The van der Waals surface area contributed by atoms with Gasteiger partial charge in [-0.25, -0.2) is 4.57 Å². The van der Waals surface area contributed by atoms with Gasteiger partial charge >= 0.3 is 49.4 Å². The molecule has 6 aromatic rings. The minimum atomic E-state index is -6.13. The Labute approximate surface area is 389 Å². The quantitative estimate of drug-likeness (QED) is 0.0882. The molecule has 0 fully saturated rings. The highest BCUT2D eigenvalue weighted by Crippen LogP contribution is 2.41. The molecule has 388 valence electrons. The molecule has 0 aliphatic carbocycles. The second-order valence-electron chi connectivity index (χ2n) is 15.6. The van der Waals surface area contributed by atoms with Crippen molar-refractivity contribution < 1.29 is 115 Å². The van der Waals surface area contributed by atoms with Crippen LogP contribution in [0.15, 0.2) is 128 Å². The van der Waals surface area contributed by atoms with E-state index in [4.69, 9.17) is 4.74 Å². The lowest BCUT2D eigenvalue weighted by Gasteiger charge is -2.46. The summed E-state index contributed by atoms with van der Waals surface area (Å²) in [5, 5.41) is 0. The minimum absolute atomic E-state index is 0.691. The molecule has 0 aliphatic rings. The third kappa shape index (κ3) is 13.1. The maximum Gasteiger partial charge on any atom is 0.416 e. The molecule has 2 nitrogen and oxygen atoms in total. The molecule has 0 spiro atoms. The molecule has 0 atom stereocenters. The molecular weight excluding hydrogens is 1040 g/mol. The van der Waals surface area contributed by atoms with Crippen molar-refractivity contribution in [3.05, 3.63) is 178 Å². The number of ether oxygens (including phenoxy) is 1. The van der Waals surface area contributed by atoms with Gasteiger partial charge in [-0.2, -0.15) is 127 Å². The van der Waals surface area contributed by atoms with E-state index in [0.29, 0.717) is 0 Å². The fourth-order valence-electron chi connectivity index (χ4n) is 7.59. The highest BCUT2D eigenvalue weighted by molar-refractivity contribution is 7.20. The Balaban J connectivity index is 0.000000542. The first-order chi connectivity index (χ1) is 32.6. The van der Waals surface area contributed by atoms with E-state index < -0.39 is 195 Å². The smallest absolute Gasteiger partial charge is 0.416 e. The number of rotatable bonds is 7. The Kier molecular flexibility index (Phi) is 15.2. The SMILES string of the molecule is COc1cccc(C[n+]2ccccc2)c1.FC(F)(F)c1cc([B-](c2cc(C(F)(F)F)cc(C(F)(F)F)c2)(c2cc(C(F)(F)F)cc(C(F)(F)F)c2)c2cc(C(F)(F)F)cc(C(F)(F)F)c2)cc(C(F)(F)F)c1. The maximum absolute atomic E-state index is 14.2. The minimum Gasteiger partial charge on any atom is -0.497 e. The Morgan fingerprint density at radius 2 is 0.583 bits per heavy atom. The molecule has 27 heteroatoms. The lowest BCUT2D eigenvalue weighted by atomic mass is 9.12. The average Bonchev–Trinajstić information content (AvgIpc) is 3.24. The molecule has 0 unspecified atom stereocenters. The van der Waals surface area contributed by atoms with E-state index in [0.717, 1.165) is 12.3 Å². The number of alkyl halides is 24. The topological polar surface area (TPSA) is 13.1 Å². The van der Waals surface area contributed by atoms with Crippen molar-refractivity contribution in [3.63, 3.8) is 0 Å². The van der Waals surface area contributed by atoms with E-state index in [1.165, 1.54) is 5.56 Å². The van der Waals surface area contributed by atoms with Crippen molar-refractivity contribution in [2.75, 3.05) is 7.11 Å². The number of hydrogen-bond acceptors (Lipinski definition) is 1. The highest BCUT2D eigenvalue weighted by Gasteiger charge is 2.47. The van der Waals surface area contributed by atoms with Crippen LogP contribution < -0.4 is 31.2 Å². The normalized spacial score (nSPS) is 13.4. The fourth-order valence-corrected chi connectivity index (χ4v) is 7.59. The van der Waals surface area contributed by atoms with Gasteiger partial charge in [0.25, 0.3) is 0 Å². The van der Waals surface area contributed by atoms with E-state index in [1.807, 2.05) is 30.3 Å². The van der Waals surface area contributed by atoms with E-state index >= 15 is 0 Å². The van der Waals surface area contributed by atoms with Crippen molar-refractivity contribution in [2.24, 2.45) is 0 Å². The Morgan fingerprint density at radius 3 is 0.806 bits per heavy atom. The van der Waals surface area contributed by atoms with Crippen LogP contribution in [-0.4, -0.2) is 13.3 Å². The van der Waals surface area contributed by atoms with Crippen LogP contribution in [0.2, 0.25) is 0 Å². The third-order valence-electron chi connectivity index (χ3n) is 10.7. The summed E-state index contributed by atoms with van der Waals surface area (Å²) >= 11 is 0. The summed E-state index contributed by atoms with van der Waals surface area (Å²) < 4.78 is 348. The summed E-state index contributed by atoms with van der Waals surface area (Å²) in [5.74, 6) is 0.907. The van der Waals surface area contributed by atoms with Crippen molar-refractivity contribution >= 4 is 28.0 Å². The van der Waals surface area contributed by atoms with E-state index in [2.05, 4.69) is 29.1 Å². The van der Waals surface area contributed by atoms with Crippen LogP contribution in [0.4, 0.5) is 105 Å². The lowest BCUT2D eigenvalue weighted by Crippen LogP contribution is -2.75. The van der Waals surface area contributed by atoms with Gasteiger partial charge in [0.05, 0.1) is 51.6 Å². The van der Waals surface area contributed by atoms with Gasteiger partial charge in [0.1, 0.15) is 11.9 Å². The van der Waals surface area contributed by atoms with Crippen LogP contribution in [0.5, 0.6) is 5.75 Å². The average molecular weight is 1060 g/mol. The van der Waals surface area contributed by atoms with Gasteiger partial charge in [0.15, 0.2) is 18.9 Å². The maximum atomic E-state index is 14.2. The summed E-state index contributed by atoms with van der Waals surface area (Å²) in [5.41, 5.74) is -29.0. The standard InChI is InChI=1S/C32H12BF24.C13H14NO/c34-25(35,36)13-1-14(26(37,38)39)6-21(5-13)33(22-7-15(27(40,41)42)2-16(8-22)28(43,44)45,23-9-17(29(46,47)48)3-18(10-23)30(49,50)51)24-11-19(31(52,53)54)4-20(12-24)32(55,56)57;1-15-13-7-5-6-12(10-13)11-14-8-3-2-4-9-14/h1-12H;2-10H,11H2,1H3/q-1;+1. The van der Waals surface area contributed by atoms with Crippen molar-refractivity contribution in [3.8, 4) is 5.75 Å². The molecule has 0 amide bonds. The number of nitrogens with zero attached hydrogens (tertiary/aromatic N) is 1. The molecule has 0 saturated carbocycles. The Morgan fingerprint density at radius 1 is 0.333 bits per heavy atom. The molecule has 5 aromatic carbocycles. The molecule has 0 N–H and O–H groups in total. The van der Waals surface area contributed by atoms with Crippen molar-refractivity contribution in [1.82, 2.24) is 0 Å². The van der Waals surface area contributed by atoms with Gasteiger partial charge in [-0.05, 0) is 36.4 Å². The van der Waals surface area contributed by atoms with Gasteiger partial charge in [-0.1, -0.05) is 66.7 Å². The number of benzene rings is 5. The van der Waals surface area contributed by atoms with Gasteiger partial charge in [0, 0.05) is 17.7 Å². The molecular formula is C45H26BF24NO. The van der Waals surface area contributed by atoms with Crippen molar-refractivity contribution in [2.45, 2.75) is 56.0 Å². The molecule has 72 heavy (non-hydrogen) atoms. The lowest BCUT2D eigenvalue weighted by molar-refractivity contribution is -0.688. The summed E-state index contributed by atoms with van der Waals surface area (Å²) in [6.45, 7) is 0.873. The molecule has 1 aromatic heterocycles. The number of halogens is 24. The Hall–Kier alpha value is -6.57. The molecule has 0 bridgehead atoms. The van der Waals surface area contributed by atoms with Crippen LogP contribution in [0.1, 0.15) is 50.1 Å². The number of methoxy groups -OCH3 is 1. The Bertz CT molecular complexity index is 2430. The summed E-state index contributed by atoms with van der Waals surface area (Å²) in [6.07, 6.45) is -50.7. The molecule has 0 aliphatic heterocycles. The van der Waals surface area contributed by atoms with Crippen LogP contribution in [0.3, 0.4) is 0 Å². The number of aromatic nitrogens is 1. The third-order valence-corrected chi connectivity index (χ3v) is 10.7. The highest BCUT2D eigenvalue weighted by atomic mass is 19.4. The van der Waals surface area contributed by atoms with Gasteiger partial charge in [-0.15, -0.1) is 0 Å². The van der Waals surface area contributed by atoms with Crippen LogP contribution >= 0.6 is 0 Å². The fraction of sp³-hybridized carbons (Fsp3) is 0.222. The predicted molar refractivity (Wildman–Crippen MR) is 209 cm³/mol. The summed E-state index contributed by atoms with van der Waals surface area (Å²) in [4.78, 5) is 0. The first-order valence-electron chi connectivity index (χ1n) is 19.6. The molecule has 6 rings (SSSR count). The zero-order valence-corrected chi connectivity index (χ0v) is 35.3. The van der Waals surface area contributed by atoms with E-state index in [1.54, 1.807) is 7.11 Å². The number of pyridine rings is 1. The van der Waals surface area contributed by atoms with Gasteiger partial charge in [0.2, 0.25) is 0 Å². The van der Waals surface area contributed by atoms with Crippen LogP contribution in [0, 0.1) is 0 Å². The van der Waals surface area contributed by atoms with E-state index in [-0.39, 0.29) is 0 Å². The second kappa shape index (κ2) is 19.5. The zero-order chi connectivity index (χ0) is 54.4. The summed E-state index contributed by atoms with van der Waals surface area (Å²) in [6, 6.07) is 5.39. The molecule has 0 saturated heterocycles. The van der Waals surface area contributed by atoms with E-state index in [9.17, 15) is 105 Å². The summed E-state index contributed by atoms with van der Waals surface area (Å²) in [7, 11) is 1.69. The zero-order valence-electron chi connectivity index (χ0n) is 35.3. The number of hydrogen-bond donors (Lipinski definition) is 0. The van der Waals surface area contributed by atoms with Gasteiger partial charge in [-0.3, -0.25) is 0 Å².